The number of hydrogen-bond acceptors (Lipinski definition) is 7. The van der Waals surface area contributed by atoms with Crippen molar-refractivity contribution in [3.8, 4) is 0 Å². The molecule has 2 aliphatic heterocycles. The summed E-state index contributed by atoms with van der Waals surface area (Å²) in [6.45, 7) is 4.61. The number of esters is 1. The molecule has 37 heavy (non-hydrogen) atoms. The predicted octanol–water partition coefficient (Wildman–Crippen LogP) is 2.86. The number of morpholine rings is 1. The third-order valence-corrected chi connectivity index (χ3v) is 7.14. The lowest BCUT2D eigenvalue weighted by Gasteiger charge is -2.38. The van der Waals surface area contributed by atoms with Crippen molar-refractivity contribution in [2.75, 3.05) is 37.0 Å². The van der Waals surface area contributed by atoms with E-state index in [9.17, 15) is 18.8 Å². The Kier molecular flexibility index (Phi) is 6.57. The third kappa shape index (κ3) is 4.75. The van der Waals surface area contributed by atoms with E-state index >= 15 is 4.39 Å². The topological polar surface area (TPSA) is 101 Å². The van der Waals surface area contributed by atoms with Crippen LogP contribution in [0.2, 0.25) is 0 Å². The van der Waals surface area contributed by atoms with Gasteiger partial charge >= 0.3 is 5.97 Å². The van der Waals surface area contributed by atoms with Crippen LogP contribution in [0.5, 0.6) is 0 Å². The molecule has 1 aromatic carbocycles. The Morgan fingerprint density at radius 3 is 2.54 bits per heavy atom. The number of hydrogen-bond donors (Lipinski definition) is 1. The summed E-state index contributed by atoms with van der Waals surface area (Å²) in [5, 5.41) is 2.77. The normalized spacial score (nSPS) is 26.5. The number of carbonyl (C=O) groups is 3. The van der Waals surface area contributed by atoms with Gasteiger partial charge in [-0.25, -0.2) is 18.6 Å². The number of ether oxygens (including phenoxy) is 2. The molecule has 11 heteroatoms. The minimum atomic E-state index is -1.09. The number of anilines is 2. The average molecular weight is 515 g/mol. The second kappa shape index (κ2) is 9.70. The van der Waals surface area contributed by atoms with Crippen molar-refractivity contribution in [3.05, 3.63) is 53.4 Å². The smallest absolute Gasteiger partial charge is 0.356 e. The van der Waals surface area contributed by atoms with Crippen molar-refractivity contribution in [3.63, 3.8) is 0 Å². The van der Waals surface area contributed by atoms with Crippen LogP contribution in [0.15, 0.2) is 30.5 Å². The van der Waals surface area contributed by atoms with Crippen LogP contribution in [-0.2, 0) is 14.3 Å². The van der Waals surface area contributed by atoms with Crippen molar-refractivity contribution in [2.45, 2.75) is 38.5 Å². The molecule has 9 nitrogen and oxygen atoms in total. The molecular formula is C26H28F2N4O5. The Morgan fingerprint density at radius 2 is 1.84 bits per heavy atom. The second-order valence-electron chi connectivity index (χ2n) is 9.89. The van der Waals surface area contributed by atoms with Crippen molar-refractivity contribution in [1.82, 2.24) is 9.88 Å². The molecule has 2 aromatic rings. The number of pyridine rings is 1. The lowest BCUT2D eigenvalue weighted by molar-refractivity contribution is -0.120. The van der Waals surface area contributed by atoms with Crippen LogP contribution in [0.3, 0.4) is 0 Å². The quantitative estimate of drug-likeness (QED) is 0.613. The van der Waals surface area contributed by atoms with Crippen molar-refractivity contribution in [1.29, 1.82) is 0 Å². The zero-order valence-corrected chi connectivity index (χ0v) is 20.7. The van der Waals surface area contributed by atoms with Gasteiger partial charge in [-0.1, -0.05) is 0 Å². The van der Waals surface area contributed by atoms with Crippen LogP contribution in [0.1, 0.15) is 41.1 Å². The summed E-state index contributed by atoms with van der Waals surface area (Å²) in [6.07, 6.45) is 1.71. The van der Waals surface area contributed by atoms with Crippen LogP contribution in [0.4, 0.5) is 20.2 Å². The van der Waals surface area contributed by atoms with Gasteiger partial charge in [-0.2, -0.15) is 0 Å². The lowest BCUT2D eigenvalue weighted by Crippen LogP contribution is -2.48. The highest BCUT2D eigenvalue weighted by Crippen LogP contribution is 2.50. The van der Waals surface area contributed by atoms with Crippen molar-refractivity contribution >= 4 is 29.2 Å². The van der Waals surface area contributed by atoms with E-state index in [4.69, 9.17) is 4.74 Å². The first-order valence-electron chi connectivity index (χ1n) is 12.2. The Morgan fingerprint density at radius 1 is 1.11 bits per heavy atom. The molecular weight excluding hydrogens is 486 g/mol. The number of fused-ring (bicyclic) bond motifs is 1. The minimum absolute atomic E-state index is 0.0104. The second-order valence-corrected chi connectivity index (χ2v) is 9.89. The molecule has 1 aromatic heterocycles. The van der Waals surface area contributed by atoms with Crippen molar-refractivity contribution < 1.29 is 32.6 Å². The van der Waals surface area contributed by atoms with Gasteiger partial charge in [-0.3, -0.25) is 9.59 Å². The highest BCUT2D eigenvalue weighted by Gasteiger charge is 2.57. The Labute approximate surface area is 212 Å². The number of carbonyl (C=O) groups excluding carboxylic acids is 3. The molecule has 1 aliphatic carbocycles. The van der Waals surface area contributed by atoms with E-state index in [1.165, 1.54) is 36.4 Å². The lowest BCUT2D eigenvalue weighted by atomic mass is 10.1. The summed E-state index contributed by atoms with van der Waals surface area (Å²) in [7, 11) is 1.23. The summed E-state index contributed by atoms with van der Waals surface area (Å²) in [4.78, 5) is 45.9. The molecule has 0 bridgehead atoms. The van der Waals surface area contributed by atoms with Crippen LogP contribution in [0.25, 0.3) is 0 Å². The summed E-state index contributed by atoms with van der Waals surface area (Å²) < 4.78 is 39.9. The Bertz CT molecular complexity index is 1250. The first-order valence-corrected chi connectivity index (χ1v) is 12.2. The number of halogens is 2. The molecule has 0 radical (unpaired) electrons. The standard InChI is InChI=1S/C26H28F2N4O5/c1-13-10-31(11-14(2)37-13)22-17(4-5-19(27)21(22)28)25(34)32-12-15-8-18(15)23(32)24(33)30-16-6-7-29-20(9-16)26(35)36-3/h4-7,9,13-15,18,23H,8,10-12H2,1-3H3,(H,29,30,33)/t13-,14+,15-,18-,23-/m0/s1. The zero-order valence-electron chi connectivity index (χ0n) is 20.7. The van der Waals surface area contributed by atoms with Crippen LogP contribution in [0, 0.1) is 23.5 Å². The zero-order chi connectivity index (χ0) is 26.4. The Balaban J connectivity index is 1.42. The van der Waals surface area contributed by atoms with Crippen LogP contribution < -0.4 is 10.2 Å². The molecule has 3 aliphatic rings. The monoisotopic (exact) mass is 514 g/mol. The maximum absolute atomic E-state index is 15.2. The summed E-state index contributed by atoms with van der Waals surface area (Å²) in [6, 6.07) is 4.37. The predicted molar refractivity (Wildman–Crippen MR) is 129 cm³/mol. The van der Waals surface area contributed by atoms with Gasteiger partial charge in [0.15, 0.2) is 11.6 Å². The van der Waals surface area contributed by atoms with Gasteiger partial charge in [0.2, 0.25) is 5.91 Å². The summed E-state index contributed by atoms with van der Waals surface area (Å²) in [5.74, 6) is -3.59. The number of nitrogens with one attached hydrogen (secondary N) is 1. The molecule has 2 amide bonds. The maximum Gasteiger partial charge on any atom is 0.356 e. The van der Waals surface area contributed by atoms with E-state index in [2.05, 4.69) is 15.0 Å². The molecule has 3 heterocycles. The number of benzene rings is 1. The molecule has 1 N–H and O–H groups in total. The van der Waals surface area contributed by atoms with Gasteiger partial charge in [0.05, 0.1) is 30.6 Å². The number of likely N-dealkylation sites (tertiary alicyclic amines) is 1. The molecule has 1 saturated carbocycles. The van der Waals surface area contributed by atoms with E-state index in [-0.39, 0.29) is 41.0 Å². The van der Waals surface area contributed by atoms with Gasteiger partial charge < -0.3 is 24.6 Å². The van der Waals surface area contributed by atoms with Gasteiger partial charge in [0, 0.05) is 31.5 Å². The van der Waals surface area contributed by atoms with E-state index in [0.29, 0.717) is 25.3 Å². The third-order valence-electron chi connectivity index (χ3n) is 7.14. The first kappa shape index (κ1) is 25.1. The number of nitrogens with zero attached hydrogens (tertiary/aromatic N) is 3. The van der Waals surface area contributed by atoms with E-state index in [1.54, 1.807) is 4.90 Å². The molecule has 5 atom stereocenters. The highest BCUT2D eigenvalue weighted by molar-refractivity contribution is 6.05. The van der Waals surface area contributed by atoms with Gasteiger partial charge in [-0.15, -0.1) is 0 Å². The van der Waals surface area contributed by atoms with Crippen molar-refractivity contribution in [2.24, 2.45) is 11.8 Å². The summed E-state index contributed by atoms with van der Waals surface area (Å²) in [5.41, 5.74) is 0.269. The summed E-state index contributed by atoms with van der Waals surface area (Å²) >= 11 is 0. The maximum atomic E-state index is 15.2. The molecule has 5 rings (SSSR count). The number of piperidine rings is 1. The van der Waals surface area contributed by atoms with Gasteiger partial charge in [0.25, 0.3) is 5.91 Å². The minimum Gasteiger partial charge on any atom is -0.464 e. The number of methoxy groups -OCH3 is 1. The molecule has 196 valence electrons. The number of rotatable bonds is 5. The molecule has 3 fully saturated rings. The largest absolute Gasteiger partial charge is 0.464 e. The number of aromatic nitrogens is 1. The SMILES string of the molecule is COC(=O)c1cc(NC(=O)[C@@H]2[C@H]3C[C@H]3CN2C(=O)c2ccc(F)c(F)c2N2C[C@@H](C)O[C@@H](C)C2)ccn1. The van der Waals surface area contributed by atoms with Crippen LogP contribution in [-0.4, -0.2) is 72.7 Å². The molecule has 0 spiro atoms. The molecule has 2 saturated heterocycles. The van der Waals surface area contributed by atoms with Gasteiger partial charge in [0.1, 0.15) is 11.7 Å². The fourth-order valence-corrected chi connectivity index (χ4v) is 5.49. The average Bonchev–Trinajstić information content (AvgIpc) is 3.52. The highest BCUT2D eigenvalue weighted by atomic mass is 19.2. The van der Waals surface area contributed by atoms with Crippen LogP contribution >= 0.6 is 0 Å². The van der Waals surface area contributed by atoms with E-state index in [1.807, 2.05) is 13.8 Å². The molecule has 0 unspecified atom stereocenters. The Hall–Kier alpha value is -3.60. The fraction of sp³-hybridized carbons (Fsp3) is 0.462. The van der Waals surface area contributed by atoms with Gasteiger partial charge in [-0.05, 0) is 56.4 Å². The fourth-order valence-electron chi connectivity index (χ4n) is 5.49. The van der Waals surface area contributed by atoms with E-state index < -0.39 is 35.5 Å². The number of amides is 2. The van der Waals surface area contributed by atoms with E-state index in [0.717, 1.165) is 12.5 Å². The first-order chi connectivity index (χ1) is 17.7.